The van der Waals surface area contributed by atoms with Crippen LogP contribution in [0.25, 0.3) is 0 Å². The Morgan fingerprint density at radius 1 is 1.31 bits per heavy atom. The number of halogens is 1. The minimum Gasteiger partial charge on any atom is -0.376 e. The summed E-state index contributed by atoms with van der Waals surface area (Å²) in [6.07, 6.45) is 4.18. The van der Waals surface area contributed by atoms with Gasteiger partial charge in [-0.25, -0.2) is 4.68 Å². The quantitative estimate of drug-likeness (QED) is 0.800. The molecule has 0 radical (unpaired) electrons. The van der Waals surface area contributed by atoms with Crippen LogP contribution in [0.1, 0.15) is 52.7 Å². The van der Waals surface area contributed by atoms with Crippen LogP contribution >= 0.6 is 27.3 Å². The molecule has 0 spiro atoms. The first kappa shape index (κ1) is 17.9. The topological polar surface area (TPSA) is 73.2 Å². The first-order valence-electron chi connectivity index (χ1n) is 8.84. The summed E-state index contributed by atoms with van der Waals surface area (Å²) in [5.41, 5.74) is 1.85. The summed E-state index contributed by atoms with van der Waals surface area (Å²) in [6, 6.07) is 3.77. The highest BCUT2D eigenvalue weighted by molar-refractivity contribution is 9.10. The molecule has 4 rings (SSSR count). The molecular weight excluding hydrogens is 418 g/mol. The third-order valence-corrected chi connectivity index (χ3v) is 6.72. The molecule has 8 heteroatoms. The van der Waals surface area contributed by atoms with Gasteiger partial charge in [-0.1, -0.05) is 0 Å². The van der Waals surface area contributed by atoms with Crippen molar-refractivity contribution < 1.29 is 9.53 Å². The van der Waals surface area contributed by atoms with E-state index < -0.39 is 0 Å². The van der Waals surface area contributed by atoms with Crippen LogP contribution in [0.15, 0.2) is 26.8 Å². The number of nitrogens with one attached hydrogen (secondary N) is 1. The van der Waals surface area contributed by atoms with E-state index in [-0.39, 0.29) is 23.6 Å². The van der Waals surface area contributed by atoms with Crippen molar-refractivity contribution in [1.29, 1.82) is 0 Å². The van der Waals surface area contributed by atoms with Gasteiger partial charge in [0.15, 0.2) is 0 Å². The van der Waals surface area contributed by atoms with Gasteiger partial charge in [0.25, 0.3) is 11.5 Å². The summed E-state index contributed by atoms with van der Waals surface area (Å²) in [4.78, 5) is 25.4. The van der Waals surface area contributed by atoms with Gasteiger partial charge in [-0.3, -0.25) is 9.59 Å². The Morgan fingerprint density at radius 2 is 2.12 bits per heavy atom. The summed E-state index contributed by atoms with van der Waals surface area (Å²) in [5, 5.41) is 9.63. The molecule has 138 valence electrons. The molecule has 1 aliphatic heterocycles. The van der Waals surface area contributed by atoms with E-state index in [0.29, 0.717) is 18.1 Å². The largest absolute Gasteiger partial charge is 0.376 e. The summed E-state index contributed by atoms with van der Waals surface area (Å²) < 4.78 is 7.98. The molecule has 3 heterocycles. The second-order valence-electron chi connectivity index (χ2n) is 6.81. The summed E-state index contributed by atoms with van der Waals surface area (Å²) in [7, 11) is 0. The number of fused-ring (bicyclic) bond motifs is 1. The molecule has 2 aromatic heterocycles. The van der Waals surface area contributed by atoms with Crippen LogP contribution in [0.4, 0.5) is 0 Å². The molecule has 0 saturated heterocycles. The highest BCUT2D eigenvalue weighted by atomic mass is 79.9. The lowest BCUT2D eigenvalue weighted by atomic mass is 9.91. The zero-order valence-corrected chi connectivity index (χ0v) is 16.6. The fourth-order valence-corrected chi connectivity index (χ4v) is 4.97. The molecule has 0 aromatic carbocycles. The fourth-order valence-electron chi connectivity index (χ4n) is 3.64. The van der Waals surface area contributed by atoms with Crippen molar-refractivity contribution in [3.63, 3.8) is 0 Å². The van der Waals surface area contributed by atoms with Crippen molar-refractivity contribution >= 4 is 33.2 Å². The van der Waals surface area contributed by atoms with Crippen molar-refractivity contribution in [2.45, 2.75) is 50.8 Å². The Balaban J connectivity index is 1.39. The molecule has 0 bridgehead atoms. The van der Waals surface area contributed by atoms with E-state index in [1.54, 1.807) is 10.7 Å². The summed E-state index contributed by atoms with van der Waals surface area (Å²) in [5.74, 6) is -0.0202. The van der Waals surface area contributed by atoms with Crippen molar-refractivity contribution in [3.8, 4) is 0 Å². The molecule has 1 N–H and O–H groups in total. The molecule has 1 saturated carbocycles. The second-order valence-corrected chi connectivity index (χ2v) is 8.64. The number of hydrogen-bond acceptors (Lipinski definition) is 5. The Labute approximate surface area is 163 Å². The van der Waals surface area contributed by atoms with E-state index in [0.717, 1.165) is 47.8 Å². The standard InChI is InChI=1S/C18H20BrN3O3S/c19-12-8-16(26-10-12)18(24)20-13-1-3-14(4-2-13)22-17(23)7-11-9-25-6-5-15(11)21-22/h7-8,10,13-14H,1-6,9H2,(H,20,24). The van der Waals surface area contributed by atoms with Crippen LogP contribution in [-0.2, 0) is 17.8 Å². The number of carbonyl (C=O) groups excluding carboxylic acids is 1. The van der Waals surface area contributed by atoms with Crippen LogP contribution in [-0.4, -0.2) is 28.3 Å². The van der Waals surface area contributed by atoms with Gasteiger partial charge in [0.1, 0.15) is 0 Å². The molecular formula is C18H20BrN3O3S. The lowest BCUT2D eigenvalue weighted by Crippen LogP contribution is -2.39. The van der Waals surface area contributed by atoms with Gasteiger partial charge in [-0.05, 0) is 47.7 Å². The van der Waals surface area contributed by atoms with E-state index in [2.05, 4.69) is 26.3 Å². The van der Waals surface area contributed by atoms with Gasteiger partial charge in [-0.2, -0.15) is 5.10 Å². The smallest absolute Gasteiger partial charge is 0.267 e. The summed E-state index contributed by atoms with van der Waals surface area (Å²) >= 11 is 4.81. The Hall–Kier alpha value is -1.51. The lowest BCUT2D eigenvalue weighted by Gasteiger charge is -2.30. The van der Waals surface area contributed by atoms with E-state index in [9.17, 15) is 9.59 Å². The van der Waals surface area contributed by atoms with Gasteiger partial charge in [0, 0.05) is 33.9 Å². The molecule has 0 unspecified atom stereocenters. The van der Waals surface area contributed by atoms with Crippen molar-refractivity contribution in [3.05, 3.63) is 48.5 Å². The Morgan fingerprint density at radius 3 is 2.85 bits per heavy atom. The Kier molecular flexibility index (Phi) is 5.24. The van der Waals surface area contributed by atoms with Crippen LogP contribution in [0.3, 0.4) is 0 Å². The molecule has 2 aliphatic rings. The van der Waals surface area contributed by atoms with E-state index in [1.807, 2.05) is 11.4 Å². The molecule has 0 atom stereocenters. The zero-order chi connectivity index (χ0) is 18.1. The monoisotopic (exact) mass is 437 g/mol. The maximum atomic E-state index is 12.4. The van der Waals surface area contributed by atoms with Gasteiger partial charge in [0.2, 0.25) is 0 Å². The van der Waals surface area contributed by atoms with Crippen LogP contribution in [0.2, 0.25) is 0 Å². The van der Waals surface area contributed by atoms with Crippen molar-refractivity contribution in [1.82, 2.24) is 15.1 Å². The van der Waals surface area contributed by atoms with Crippen LogP contribution in [0.5, 0.6) is 0 Å². The molecule has 1 fully saturated rings. The van der Waals surface area contributed by atoms with Gasteiger partial charge < -0.3 is 10.1 Å². The SMILES string of the molecule is O=C(NC1CCC(n2nc3c(cc2=O)COCC3)CC1)c1cc(Br)cs1. The molecule has 26 heavy (non-hydrogen) atoms. The summed E-state index contributed by atoms with van der Waals surface area (Å²) in [6.45, 7) is 1.14. The average Bonchev–Trinajstić information content (AvgIpc) is 3.08. The second kappa shape index (κ2) is 7.62. The number of thiophene rings is 1. The number of amides is 1. The van der Waals surface area contributed by atoms with Crippen LogP contribution < -0.4 is 10.9 Å². The minimum atomic E-state index is -0.0508. The Bertz CT molecular complexity index is 871. The highest BCUT2D eigenvalue weighted by Crippen LogP contribution is 2.28. The maximum absolute atomic E-state index is 12.4. The van der Waals surface area contributed by atoms with Gasteiger partial charge in [0.05, 0.1) is 29.8 Å². The molecule has 1 amide bonds. The number of rotatable bonds is 3. The van der Waals surface area contributed by atoms with E-state index in [1.165, 1.54) is 11.3 Å². The lowest BCUT2D eigenvalue weighted by molar-refractivity contribution is 0.0924. The molecule has 1 aliphatic carbocycles. The first-order valence-corrected chi connectivity index (χ1v) is 10.5. The first-order chi connectivity index (χ1) is 12.6. The van der Waals surface area contributed by atoms with Crippen molar-refractivity contribution in [2.75, 3.05) is 6.61 Å². The number of carbonyl (C=O) groups is 1. The zero-order valence-electron chi connectivity index (χ0n) is 14.2. The van der Waals surface area contributed by atoms with Crippen molar-refractivity contribution in [2.24, 2.45) is 0 Å². The average molecular weight is 438 g/mol. The van der Waals surface area contributed by atoms with E-state index in [4.69, 9.17) is 4.74 Å². The van der Waals surface area contributed by atoms with E-state index >= 15 is 0 Å². The minimum absolute atomic E-state index is 0.0202. The number of nitrogens with zero attached hydrogens (tertiary/aromatic N) is 2. The number of ether oxygens (including phenoxy) is 1. The third kappa shape index (κ3) is 3.77. The van der Waals surface area contributed by atoms with Gasteiger partial charge in [-0.15, -0.1) is 11.3 Å². The third-order valence-electron chi connectivity index (χ3n) is 5.03. The van der Waals surface area contributed by atoms with Gasteiger partial charge >= 0.3 is 0 Å². The predicted octanol–water partition coefficient (Wildman–Crippen LogP) is 3.05. The molecule has 2 aromatic rings. The maximum Gasteiger partial charge on any atom is 0.267 e. The number of hydrogen-bond donors (Lipinski definition) is 1. The number of aromatic nitrogens is 2. The normalized spacial score (nSPS) is 22.7. The fraction of sp³-hybridized carbons (Fsp3) is 0.500. The highest BCUT2D eigenvalue weighted by Gasteiger charge is 2.26. The molecule has 6 nitrogen and oxygen atoms in total. The predicted molar refractivity (Wildman–Crippen MR) is 103 cm³/mol. The van der Waals surface area contributed by atoms with Crippen LogP contribution in [0, 0.1) is 0 Å².